The van der Waals surface area contributed by atoms with Gasteiger partial charge in [-0.2, -0.15) is 0 Å². The molecule has 0 aliphatic carbocycles. The van der Waals surface area contributed by atoms with E-state index in [9.17, 15) is 0 Å². The smallest absolute Gasteiger partial charge is 0.133 e. The summed E-state index contributed by atoms with van der Waals surface area (Å²) in [5.74, 6) is 1.10. The van der Waals surface area contributed by atoms with Crippen molar-refractivity contribution in [1.82, 2.24) is 15.2 Å². The van der Waals surface area contributed by atoms with Crippen molar-refractivity contribution in [3.05, 3.63) is 23.9 Å². The molecular weight excluding hydrogens is 236 g/mol. The van der Waals surface area contributed by atoms with Gasteiger partial charge in [0.2, 0.25) is 0 Å². The SMILES string of the molecule is CCN(c1ncccc1C(C)NC)C(C)CN(C)C. The minimum atomic E-state index is 0.310. The molecule has 0 radical (unpaired) electrons. The Balaban J connectivity index is 3.04. The Hall–Kier alpha value is -1.13. The Kier molecular flexibility index (Phi) is 6.25. The third-order valence-corrected chi connectivity index (χ3v) is 3.49. The lowest BCUT2D eigenvalue weighted by Crippen LogP contribution is -2.41. The first-order valence-corrected chi connectivity index (χ1v) is 7.04. The minimum absolute atomic E-state index is 0.310. The van der Waals surface area contributed by atoms with Gasteiger partial charge < -0.3 is 15.1 Å². The molecule has 1 aromatic rings. The summed E-state index contributed by atoms with van der Waals surface area (Å²) in [6.07, 6.45) is 1.88. The average molecular weight is 264 g/mol. The van der Waals surface area contributed by atoms with Gasteiger partial charge in [0.25, 0.3) is 0 Å². The fourth-order valence-electron chi connectivity index (χ4n) is 2.44. The van der Waals surface area contributed by atoms with Crippen LogP contribution in [0.2, 0.25) is 0 Å². The van der Waals surface area contributed by atoms with Crippen molar-refractivity contribution in [2.45, 2.75) is 32.9 Å². The van der Waals surface area contributed by atoms with Crippen molar-refractivity contribution in [2.24, 2.45) is 0 Å². The second-order valence-corrected chi connectivity index (χ2v) is 5.32. The highest BCUT2D eigenvalue weighted by atomic mass is 15.2. The Morgan fingerprint density at radius 2 is 2.00 bits per heavy atom. The molecule has 1 rings (SSSR count). The first-order valence-electron chi connectivity index (χ1n) is 7.04. The normalized spacial score (nSPS) is 14.5. The summed E-state index contributed by atoms with van der Waals surface area (Å²) >= 11 is 0. The molecule has 0 saturated heterocycles. The van der Waals surface area contributed by atoms with Gasteiger partial charge in [-0.1, -0.05) is 6.07 Å². The third kappa shape index (κ3) is 4.18. The van der Waals surface area contributed by atoms with E-state index in [1.165, 1.54) is 5.56 Å². The van der Waals surface area contributed by atoms with E-state index in [1.54, 1.807) is 0 Å². The predicted molar refractivity (Wildman–Crippen MR) is 82.7 cm³/mol. The van der Waals surface area contributed by atoms with Gasteiger partial charge in [0, 0.05) is 36.9 Å². The number of pyridine rings is 1. The van der Waals surface area contributed by atoms with Crippen molar-refractivity contribution in [1.29, 1.82) is 0 Å². The first-order chi connectivity index (χ1) is 9.01. The number of anilines is 1. The van der Waals surface area contributed by atoms with E-state index < -0.39 is 0 Å². The van der Waals surface area contributed by atoms with E-state index in [4.69, 9.17) is 0 Å². The molecule has 0 aromatic carbocycles. The Labute approximate surface area is 117 Å². The van der Waals surface area contributed by atoms with Crippen molar-refractivity contribution in [3.63, 3.8) is 0 Å². The third-order valence-electron chi connectivity index (χ3n) is 3.49. The molecule has 0 amide bonds. The van der Waals surface area contributed by atoms with Gasteiger partial charge in [0.05, 0.1) is 0 Å². The zero-order valence-electron chi connectivity index (χ0n) is 13.1. The molecule has 2 unspecified atom stereocenters. The topological polar surface area (TPSA) is 31.4 Å². The van der Waals surface area contributed by atoms with Crippen LogP contribution in [-0.2, 0) is 0 Å². The predicted octanol–water partition coefficient (Wildman–Crippen LogP) is 2.14. The molecule has 1 heterocycles. The number of nitrogens with one attached hydrogen (secondary N) is 1. The van der Waals surface area contributed by atoms with Crippen LogP contribution in [0.3, 0.4) is 0 Å². The molecule has 1 N–H and O–H groups in total. The summed E-state index contributed by atoms with van der Waals surface area (Å²) in [5, 5.41) is 3.30. The molecule has 108 valence electrons. The van der Waals surface area contributed by atoms with E-state index in [1.807, 2.05) is 19.3 Å². The standard InChI is InChI=1S/C15H28N4/c1-7-19(12(2)11-18(5)6)15-14(13(3)16-4)9-8-10-17-15/h8-10,12-13,16H,7,11H2,1-6H3. The van der Waals surface area contributed by atoms with Crippen LogP contribution in [0.4, 0.5) is 5.82 Å². The highest BCUT2D eigenvalue weighted by Gasteiger charge is 2.19. The highest BCUT2D eigenvalue weighted by Crippen LogP contribution is 2.25. The van der Waals surface area contributed by atoms with Gasteiger partial charge in [-0.3, -0.25) is 0 Å². The lowest BCUT2D eigenvalue weighted by atomic mass is 10.1. The van der Waals surface area contributed by atoms with E-state index in [2.05, 4.69) is 61.0 Å². The van der Waals surface area contributed by atoms with Crippen molar-refractivity contribution in [3.8, 4) is 0 Å². The van der Waals surface area contributed by atoms with E-state index >= 15 is 0 Å². The molecule has 0 aliphatic heterocycles. The second kappa shape index (κ2) is 7.46. The van der Waals surface area contributed by atoms with Crippen molar-refractivity contribution >= 4 is 5.82 Å². The first kappa shape index (κ1) is 15.9. The molecule has 0 spiro atoms. The maximum atomic E-state index is 4.61. The molecule has 4 heteroatoms. The molecule has 0 aliphatic rings. The van der Waals surface area contributed by atoms with Gasteiger partial charge >= 0.3 is 0 Å². The molecule has 1 aromatic heterocycles. The zero-order valence-corrected chi connectivity index (χ0v) is 13.1. The van der Waals surface area contributed by atoms with Gasteiger partial charge in [0.15, 0.2) is 0 Å². The summed E-state index contributed by atoms with van der Waals surface area (Å²) in [5.41, 5.74) is 1.26. The number of nitrogens with zero attached hydrogens (tertiary/aromatic N) is 3. The van der Waals surface area contributed by atoms with Crippen molar-refractivity contribution in [2.75, 3.05) is 39.1 Å². The second-order valence-electron chi connectivity index (χ2n) is 5.32. The quantitative estimate of drug-likeness (QED) is 0.817. The Bertz CT molecular complexity index is 378. The fourth-order valence-corrected chi connectivity index (χ4v) is 2.44. The minimum Gasteiger partial charge on any atom is -0.353 e. The van der Waals surface area contributed by atoms with Crippen LogP contribution in [0, 0.1) is 0 Å². The largest absolute Gasteiger partial charge is 0.353 e. The zero-order chi connectivity index (χ0) is 14.4. The lowest BCUT2D eigenvalue weighted by molar-refractivity contribution is 0.371. The maximum Gasteiger partial charge on any atom is 0.133 e. The number of likely N-dealkylation sites (N-methyl/N-ethyl adjacent to an activating group) is 2. The Morgan fingerprint density at radius 1 is 1.32 bits per heavy atom. The molecule has 4 nitrogen and oxygen atoms in total. The fraction of sp³-hybridized carbons (Fsp3) is 0.667. The number of hydrogen-bond donors (Lipinski definition) is 1. The van der Waals surface area contributed by atoms with Crippen LogP contribution in [0.5, 0.6) is 0 Å². The van der Waals surface area contributed by atoms with E-state index in [-0.39, 0.29) is 0 Å². The lowest BCUT2D eigenvalue weighted by Gasteiger charge is -2.33. The van der Waals surface area contributed by atoms with E-state index in [0.29, 0.717) is 12.1 Å². The monoisotopic (exact) mass is 264 g/mol. The summed E-state index contributed by atoms with van der Waals surface area (Å²) in [6, 6.07) is 4.92. The van der Waals surface area contributed by atoms with Crippen LogP contribution in [0.15, 0.2) is 18.3 Å². The van der Waals surface area contributed by atoms with Crippen LogP contribution in [-0.4, -0.2) is 50.2 Å². The van der Waals surface area contributed by atoms with Crippen LogP contribution >= 0.6 is 0 Å². The summed E-state index contributed by atoms with van der Waals surface area (Å²) in [6.45, 7) is 8.61. The van der Waals surface area contributed by atoms with Gasteiger partial charge in [-0.05, 0) is 48.0 Å². The van der Waals surface area contributed by atoms with Gasteiger partial charge in [-0.25, -0.2) is 4.98 Å². The van der Waals surface area contributed by atoms with Gasteiger partial charge in [-0.15, -0.1) is 0 Å². The molecule has 19 heavy (non-hydrogen) atoms. The van der Waals surface area contributed by atoms with Crippen LogP contribution < -0.4 is 10.2 Å². The van der Waals surface area contributed by atoms with E-state index in [0.717, 1.165) is 18.9 Å². The van der Waals surface area contributed by atoms with Crippen molar-refractivity contribution < 1.29 is 0 Å². The molecular formula is C15H28N4. The highest BCUT2D eigenvalue weighted by molar-refractivity contribution is 5.49. The number of aromatic nitrogens is 1. The molecule has 0 saturated carbocycles. The molecule has 2 atom stereocenters. The number of rotatable bonds is 7. The summed E-state index contributed by atoms with van der Waals surface area (Å²) < 4.78 is 0. The average Bonchev–Trinajstić information content (AvgIpc) is 2.38. The maximum absolute atomic E-state index is 4.61. The summed E-state index contributed by atoms with van der Waals surface area (Å²) in [4.78, 5) is 9.21. The molecule has 0 bridgehead atoms. The van der Waals surface area contributed by atoms with Gasteiger partial charge in [0.1, 0.15) is 5.82 Å². The summed E-state index contributed by atoms with van der Waals surface area (Å²) in [7, 11) is 6.21. The van der Waals surface area contributed by atoms with Crippen LogP contribution in [0.1, 0.15) is 32.4 Å². The Morgan fingerprint density at radius 3 is 2.53 bits per heavy atom. The molecule has 0 fully saturated rings. The number of hydrogen-bond acceptors (Lipinski definition) is 4. The van der Waals surface area contributed by atoms with Crippen LogP contribution in [0.25, 0.3) is 0 Å².